The summed E-state index contributed by atoms with van der Waals surface area (Å²) >= 11 is 0. The summed E-state index contributed by atoms with van der Waals surface area (Å²) < 4.78 is 39.0. The standard InChI is InChI=1S/C22H20F3N3O4/c23-22(24,25)15-2-1-3-17(12-15)26-8-10-27(11-9-26)18-13-19(29)28(20(18)30)16-6-4-14(5-7-16)21(31)32/h1-7,12,18H,8-11,13H2,(H,31,32)/t18-/m1/s1. The molecule has 0 radical (unpaired) electrons. The number of hydrogen-bond donors (Lipinski definition) is 1. The van der Waals surface area contributed by atoms with Gasteiger partial charge in [-0.3, -0.25) is 9.59 Å². The summed E-state index contributed by atoms with van der Waals surface area (Å²) in [5, 5.41) is 10.9. The average Bonchev–Trinajstić information content (AvgIpc) is 3.07. The second-order valence-electron chi connectivity index (χ2n) is 7.85. The summed E-state index contributed by atoms with van der Waals surface area (Å²) in [6.45, 7) is 1.90. The highest BCUT2D eigenvalue weighted by Crippen LogP contribution is 2.31. The maximum atomic E-state index is 13.0. The van der Waals surface area contributed by atoms with Crippen LogP contribution >= 0.6 is 0 Å². The number of imide groups is 1. The minimum atomic E-state index is -4.41. The highest BCUT2D eigenvalue weighted by Gasteiger charge is 2.46. The Morgan fingerprint density at radius 1 is 1.00 bits per heavy atom. The van der Waals surface area contributed by atoms with Crippen LogP contribution in [0.1, 0.15) is 22.3 Å². The monoisotopic (exact) mass is 447 g/mol. The van der Waals surface area contributed by atoms with E-state index in [9.17, 15) is 32.7 Å². The predicted molar refractivity (Wildman–Crippen MR) is 106 cm³/mol. The third kappa shape index (κ3) is 4.18. The largest absolute Gasteiger partial charge is 0.545 e. The quantitative estimate of drug-likeness (QED) is 0.673. The number of rotatable bonds is 4. The Morgan fingerprint density at radius 2 is 1.66 bits per heavy atom. The van der Waals surface area contributed by atoms with Gasteiger partial charge in [0.25, 0.3) is 5.91 Å². The Bertz CT molecular complexity index is 1050. The Hall–Kier alpha value is -3.40. The topological polar surface area (TPSA) is 85.2 Å². The number of hydrogen-bond acceptors (Lipinski definition) is 5. The lowest BCUT2D eigenvalue weighted by Crippen LogP contribution is -3.19. The zero-order chi connectivity index (χ0) is 23.0. The van der Waals surface area contributed by atoms with Gasteiger partial charge >= 0.3 is 6.18 Å². The molecule has 4 rings (SSSR count). The first-order valence-electron chi connectivity index (χ1n) is 10.1. The van der Waals surface area contributed by atoms with Crippen LogP contribution in [0.3, 0.4) is 0 Å². The van der Waals surface area contributed by atoms with Crippen LogP contribution in [0.25, 0.3) is 0 Å². The summed E-state index contributed by atoms with van der Waals surface area (Å²) in [5.41, 5.74) is 0.0132. The van der Waals surface area contributed by atoms with Crippen molar-refractivity contribution in [2.45, 2.75) is 18.6 Å². The molecule has 2 amide bonds. The second kappa shape index (κ2) is 8.27. The fourth-order valence-corrected chi connectivity index (χ4v) is 4.25. The molecule has 2 aromatic rings. The molecule has 0 unspecified atom stereocenters. The summed E-state index contributed by atoms with van der Waals surface area (Å²) in [6, 6.07) is 9.91. The van der Waals surface area contributed by atoms with Gasteiger partial charge in [0, 0.05) is 5.69 Å². The van der Waals surface area contributed by atoms with Gasteiger partial charge in [0.05, 0.1) is 49.8 Å². The molecular formula is C22H20F3N3O4. The van der Waals surface area contributed by atoms with Crippen LogP contribution in [0.2, 0.25) is 0 Å². The molecule has 0 spiro atoms. The maximum Gasteiger partial charge on any atom is 0.416 e. The van der Waals surface area contributed by atoms with E-state index in [1.54, 1.807) is 6.07 Å². The summed E-state index contributed by atoms with van der Waals surface area (Å²) in [6.07, 6.45) is -4.39. The first kappa shape index (κ1) is 21.8. The molecule has 1 atom stereocenters. The number of carbonyl (C=O) groups is 3. The van der Waals surface area contributed by atoms with Gasteiger partial charge in [0.2, 0.25) is 5.91 Å². The van der Waals surface area contributed by atoms with Crippen molar-refractivity contribution in [3.05, 3.63) is 59.7 Å². The molecule has 2 aromatic carbocycles. The van der Waals surface area contributed by atoms with E-state index in [-0.39, 0.29) is 23.8 Å². The fourth-order valence-electron chi connectivity index (χ4n) is 4.25. The molecule has 0 bridgehead atoms. The molecule has 2 heterocycles. The average molecular weight is 447 g/mol. The van der Waals surface area contributed by atoms with Crippen molar-refractivity contribution in [1.82, 2.24) is 0 Å². The van der Waals surface area contributed by atoms with Gasteiger partial charge in [-0.05, 0) is 35.9 Å². The number of nitrogens with zero attached hydrogens (tertiary/aromatic N) is 2. The molecule has 0 aliphatic carbocycles. The van der Waals surface area contributed by atoms with E-state index >= 15 is 0 Å². The van der Waals surface area contributed by atoms with Gasteiger partial charge in [-0.1, -0.05) is 18.2 Å². The lowest BCUT2D eigenvalue weighted by atomic mass is 10.1. The van der Waals surface area contributed by atoms with Crippen LogP contribution < -0.4 is 19.8 Å². The van der Waals surface area contributed by atoms with Crippen LogP contribution in [-0.4, -0.2) is 50.0 Å². The van der Waals surface area contributed by atoms with E-state index in [2.05, 4.69) is 0 Å². The normalized spacial score (nSPS) is 20.2. The van der Waals surface area contributed by atoms with Gasteiger partial charge in [-0.25, -0.2) is 4.90 Å². The van der Waals surface area contributed by atoms with Crippen molar-refractivity contribution in [1.29, 1.82) is 0 Å². The lowest BCUT2D eigenvalue weighted by molar-refractivity contribution is -0.915. The Balaban J connectivity index is 1.42. The highest BCUT2D eigenvalue weighted by molar-refractivity contribution is 6.21. The van der Waals surface area contributed by atoms with E-state index in [4.69, 9.17) is 0 Å². The maximum absolute atomic E-state index is 13.0. The first-order chi connectivity index (χ1) is 15.1. The number of carboxylic acids is 1. The fraction of sp³-hybridized carbons (Fsp3) is 0.318. The molecule has 1 N–H and O–H groups in total. The van der Waals surface area contributed by atoms with E-state index in [0.29, 0.717) is 37.6 Å². The van der Waals surface area contributed by atoms with Gasteiger partial charge in [0.1, 0.15) is 0 Å². The Kier molecular flexibility index (Phi) is 5.64. The Labute approximate surface area is 181 Å². The number of quaternary nitrogens is 1. The number of anilines is 2. The number of nitrogens with one attached hydrogen (secondary N) is 1. The lowest BCUT2D eigenvalue weighted by Gasteiger charge is -2.35. The van der Waals surface area contributed by atoms with Crippen LogP contribution in [0.15, 0.2) is 48.5 Å². The number of piperazine rings is 1. The predicted octanol–water partition coefficient (Wildman–Crippen LogP) is 0.106. The Morgan fingerprint density at radius 3 is 2.25 bits per heavy atom. The second-order valence-corrected chi connectivity index (χ2v) is 7.85. The molecule has 0 saturated carbocycles. The molecule has 10 heteroatoms. The van der Waals surface area contributed by atoms with Crippen LogP contribution in [0.5, 0.6) is 0 Å². The number of halogens is 3. The molecule has 32 heavy (non-hydrogen) atoms. The van der Waals surface area contributed by atoms with Gasteiger partial charge in [-0.15, -0.1) is 0 Å². The zero-order valence-corrected chi connectivity index (χ0v) is 16.9. The molecular weight excluding hydrogens is 427 g/mol. The number of carboxylic acid groups (broad SMARTS) is 1. The molecule has 2 aliphatic rings. The van der Waals surface area contributed by atoms with Gasteiger partial charge in [0.15, 0.2) is 6.04 Å². The number of alkyl halides is 3. The van der Waals surface area contributed by atoms with Crippen molar-refractivity contribution in [3.8, 4) is 0 Å². The van der Waals surface area contributed by atoms with E-state index in [0.717, 1.165) is 21.9 Å². The van der Waals surface area contributed by atoms with E-state index in [1.807, 2.05) is 4.90 Å². The van der Waals surface area contributed by atoms with Crippen LogP contribution in [-0.2, 0) is 15.8 Å². The zero-order valence-electron chi connectivity index (χ0n) is 16.9. The van der Waals surface area contributed by atoms with E-state index in [1.165, 1.54) is 30.3 Å². The number of aromatic carboxylic acids is 1. The molecule has 2 fully saturated rings. The number of amides is 2. The molecule has 7 nitrogen and oxygen atoms in total. The van der Waals surface area contributed by atoms with Crippen LogP contribution in [0, 0.1) is 0 Å². The van der Waals surface area contributed by atoms with Crippen molar-refractivity contribution in [3.63, 3.8) is 0 Å². The number of benzene rings is 2. The van der Waals surface area contributed by atoms with Crippen molar-refractivity contribution >= 4 is 29.2 Å². The van der Waals surface area contributed by atoms with E-state index < -0.39 is 23.8 Å². The molecule has 2 aliphatic heterocycles. The molecule has 0 aromatic heterocycles. The smallest absolute Gasteiger partial charge is 0.416 e. The molecule has 168 valence electrons. The first-order valence-corrected chi connectivity index (χ1v) is 10.1. The third-order valence-corrected chi connectivity index (χ3v) is 5.94. The SMILES string of the molecule is O=C([O-])c1ccc(N2C(=O)C[C@@H]([NH+]3CCN(c4cccc(C(F)(F)F)c4)CC3)C2=O)cc1. The van der Waals surface area contributed by atoms with Gasteiger partial charge in [-0.2, -0.15) is 13.2 Å². The van der Waals surface area contributed by atoms with Crippen molar-refractivity contribution in [2.75, 3.05) is 36.0 Å². The van der Waals surface area contributed by atoms with Gasteiger partial charge < -0.3 is 19.7 Å². The van der Waals surface area contributed by atoms with Crippen molar-refractivity contribution < 1.29 is 37.6 Å². The minimum Gasteiger partial charge on any atom is -0.545 e. The summed E-state index contributed by atoms with van der Waals surface area (Å²) in [4.78, 5) is 40.2. The highest BCUT2D eigenvalue weighted by atomic mass is 19.4. The van der Waals surface area contributed by atoms with Crippen molar-refractivity contribution in [2.24, 2.45) is 0 Å². The number of carbonyl (C=O) groups excluding carboxylic acids is 3. The third-order valence-electron chi connectivity index (χ3n) is 5.94. The minimum absolute atomic E-state index is 0.0277. The molecule has 2 saturated heterocycles. The van der Waals surface area contributed by atoms with Crippen LogP contribution in [0.4, 0.5) is 24.5 Å². The summed E-state index contributed by atoms with van der Waals surface area (Å²) in [7, 11) is 0. The summed E-state index contributed by atoms with van der Waals surface area (Å²) in [5.74, 6) is -2.08.